The van der Waals surface area contributed by atoms with Crippen LogP contribution in [0.5, 0.6) is 0 Å². The largest absolute Gasteiger partial charge is 0.459 e. The smallest absolute Gasteiger partial charge is 0.319 e. The van der Waals surface area contributed by atoms with Gasteiger partial charge in [-0.15, -0.1) is 0 Å². The molecular weight excluding hydrogens is 292 g/mol. The zero-order chi connectivity index (χ0) is 14.8. The second-order valence-corrected chi connectivity index (χ2v) is 9.25. The molecule has 0 aromatic carbocycles. The van der Waals surface area contributed by atoms with Crippen LogP contribution in [0.1, 0.15) is 68.2 Å². The molecule has 0 heterocycles. The molecule has 0 bridgehead atoms. The zero-order valence-corrected chi connectivity index (χ0v) is 14.8. The van der Waals surface area contributed by atoms with E-state index >= 15 is 0 Å². The van der Waals surface area contributed by atoms with Crippen molar-refractivity contribution >= 4 is 21.9 Å². The normalized spacial score (nSPS) is 15.4. The molecule has 0 saturated heterocycles. The first-order valence-electron chi connectivity index (χ1n) is 6.61. The van der Waals surface area contributed by atoms with Gasteiger partial charge in [-0.3, -0.25) is 4.79 Å². The van der Waals surface area contributed by atoms with Crippen molar-refractivity contribution in [1.82, 2.24) is 0 Å². The Balaban J connectivity index is 4.60. The molecule has 0 saturated carbocycles. The van der Waals surface area contributed by atoms with Crippen LogP contribution in [-0.2, 0) is 9.53 Å². The Hall–Kier alpha value is -0.0500. The first-order valence-corrected chi connectivity index (χ1v) is 7.53. The van der Waals surface area contributed by atoms with Crippen LogP contribution in [0.3, 0.4) is 0 Å². The van der Waals surface area contributed by atoms with E-state index in [1.54, 1.807) is 6.92 Å². The minimum atomic E-state index is -0.423. The first kappa shape index (κ1) is 17.9. The molecule has 1 unspecified atom stereocenters. The number of halogens is 1. The van der Waals surface area contributed by atoms with Crippen LogP contribution in [0, 0.1) is 10.8 Å². The number of esters is 1. The van der Waals surface area contributed by atoms with Crippen LogP contribution in [0.2, 0.25) is 0 Å². The first-order chi connectivity index (χ1) is 7.74. The Morgan fingerprint density at radius 1 is 1.06 bits per heavy atom. The minimum absolute atomic E-state index is 0.150. The summed E-state index contributed by atoms with van der Waals surface area (Å²) in [5.74, 6) is -0.188. The maximum Gasteiger partial charge on any atom is 0.319 e. The van der Waals surface area contributed by atoms with Crippen molar-refractivity contribution in [2.45, 2.75) is 78.7 Å². The summed E-state index contributed by atoms with van der Waals surface area (Å²) in [4.78, 5) is 11.4. The summed E-state index contributed by atoms with van der Waals surface area (Å²) in [5.41, 5.74) is 0.0117. The Morgan fingerprint density at radius 3 is 1.83 bits per heavy atom. The fourth-order valence-corrected chi connectivity index (χ4v) is 3.13. The van der Waals surface area contributed by atoms with E-state index < -0.39 is 5.60 Å². The quantitative estimate of drug-likeness (QED) is 0.529. The van der Waals surface area contributed by atoms with E-state index in [0.29, 0.717) is 0 Å². The summed E-state index contributed by atoms with van der Waals surface area (Å²) in [5, 5.41) is 0. The Morgan fingerprint density at radius 2 is 1.50 bits per heavy atom. The van der Waals surface area contributed by atoms with Gasteiger partial charge in [-0.05, 0) is 44.4 Å². The van der Waals surface area contributed by atoms with Crippen LogP contribution in [0.4, 0.5) is 0 Å². The summed E-state index contributed by atoms with van der Waals surface area (Å²) >= 11 is 3.25. The molecule has 0 N–H and O–H groups in total. The van der Waals surface area contributed by atoms with Gasteiger partial charge in [0.1, 0.15) is 10.4 Å². The molecule has 0 radical (unpaired) electrons. The molecule has 0 amide bonds. The van der Waals surface area contributed by atoms with E-state index in [2.05, 4.69) is 50.5 Å². The van der Waals surface area contributed by atoms with Crippen LogP contribution >= 0.6 is 15.9 Å². The molecule has 0 spiro atoms. The fraction of sp³-hybridized carbons (Fsp3) is 0.933. The van der Waals surface area contributed by atoms with Gasteiger partial charge in [-0.1, -0.05) is 50.5 Å². The van der Waals surface area contributed by atoms with Crippen molar-refractivity contribution in [1.29, 1.82) is 0 Å². The van der Waals surface area contributed by atoms with Crippen molar-refractivity contribution < 1.29 is 9.53 Å². The zero-order valence-electron chi connectivity index (χ0n) is 13.2. The van der Waals surface area contributed by atoms with E-state index in [4.69, 9.17) is 4.74 Å². The van der Waals surface area contributed by atoms with Gasteiger partial charge in [-0.25, -0.2) is 0 Å². The maximum absolute atomic E-state index is 11.7. The van der Waals surface area contributed by atoms with E-state index in [1.165, 1.54) is 0 Å². The van der Waals surface area contributed by atoms with Gasteiger partial charge in [0.15, 0.2) is 0 Å². The van der Waals surface area contributed by atoms with Crippen molar-refractivity contribution in [3.63, 3.8) is 0 Å². The maximum atomic E-state index is 11.7. The highest BCUT2D eigenvalue weighted by atomic mass is 79.9. The van der Waals surface area contributed by atoms with E-state index in [-0.39, 0.29) is 21.6 Å². The number of hydrogen-bond donors (Lipinski definition) is 0. The predicted octanol–water partition coefficient (Wildman–Crippen LogP) is 4.94. The predicted molar refractivity (Wildman–Crippen MR) is 81.0 cm³/mol. The summed E-state index contributed by atoms with van der Waals surface area (Å²) < 4.78 is 5.56. The third kappa shape index (κ3) is 8.12. The molecule has 18 heavy (non-hydrogen) atoms. The number of rotatable bonds is 5. The lowest BCUT2D eigenvalue weighted by atomic mass is 9.71. The third-order valence-corrected chi connectivity index (χ3v) is 2.99. The van der Waals surface area contributed by atoms with Gasteiger partial charge < -0.3 is 4.74 Å². The lowest BCUT2D eigenvalue weighted by molar-refractivity contribution is -0.158. The van der Waals surface area contributed by atoms with Crippen molar-refractivity contribution in [2.24, 2.45) is 10.8 Å². The third-order valence-electron chi connectivity index (χ3n) is 2.61. The number of hydrogen-bond acceptors (Lipinski definition) is 2. The minimum Gasteiger partial charge on any atom is -0.459 e. The Labute approximate surface area is 121 Å². The molecule has 0 aromatic rings. The molecule has 0 aliphatic heterocycles. The SMILES string of the molecule is CC(Br)C(=O)OC(C)(C)CC(C)(C)CC(C)(C)C. The molecule has 0 fully saturated rings. The van der Waals surface area contributed by atoms with Crippen LogP contribution in [0.15, 0.2) is 0 Å². The van der Waals surface area contributed by atoms with E-state index in [0.717, 1.165) is 12.8 Å². The fourth-order valence-electron chi connectivity index (χ4n) is 3.04. The monoisotopic (exact) mass is 320 g/mol. The molecule has 0 rings (SSSR count). The van der Waals surface area contributed by atoms with Gasteiger partial charge >= 0.3 is 5.97 Å². The topological polar surface area (TPSA) is 26.3 Å². The summed E-state index contributed by atoms with van der Waals surface area (Å²) in [6.45, 7) is 17.0. The van der Waals surface area contributed by atoms with Crippen LogP contribution in [-0.4, -0.2) is 16.4 Å². The second-order valence-electron chi connectivity index (χ2n) is 7.88. The summed E-state index contributed by atoms with van der Waals surface area (Å²) in [7, 11) is 0. The summed E-state index contributed by atoms with van der Waals surface area (Å²) in [6, 6.07) is 0. The molecule has 1 atom stereocenters. The molecule has 0 aromatic heterocycles. The lowest BCUT2D eigenvalue weighted by Crippen LogP contribution is -2.37. The second kappa shape index (κ2) is 5.94. The van der Waals surface area contributed by atoms with Crippen molar-refractivity contribution in [3.8, 4) is 0 Å². The molecule has 3 heteroatoms. The Bertz CT molecular complexity index is 285. The highest BCUT2D eigenvalue weighted by Gasteiger charge is 2.35. The van der Waals surface area contributed by atoms with Crippen molar-refractivity contribution in [3.05, 3.63) is 0 Å². The van der Waals surface area contributed by atoms with Crippen molar-refractivity contribution in [2.75, 3.05) is 0 Å². The average molecular weight is 321 g/mol. The van der Waals surface area contributed by atoms with Gasteiger partial charge in [0.25, 0.3) is 0 Å². The van der Waals surface area contributed by atoms with Gasteiger partial charge in [0.05, 0.1) is 0 Å². The molecular formula is C15H29BrO2. The Kier molecular flexibility index (Phi) is 5.92. The number of carbonyl (C=O) groups excluding carboxylic acids is 1. The van der Waals surface area contributed by atoms with Crippen LogP contribution < -0.4 is 0 Å². The highest BCUT2D eigenvalue weighted by Crippen LogP contribution is 2.40. The van der Waals surface area contributed by atoms with Gasteiger partial charge in [-0.2, -0.15) is 0 Å². The number of carbonyl (C=O) groups is 1. The summed E-state index contributed by atoms with van der Waals surface area (Å²) in [6.07, 6.45) is 1.97. The highest BCUT2D eigenvalue weighted by molar-refractivity contribution is 9.10. The molecule has 2 nitrogen and oxygen atoms in total. The molecule has 108 valence electrons. The van der Waals surface area contributed by atoms with Gasteiger partial charge in [0, 0.05) is 0 Å². The number of alkyl halides is 1. The molecule has 0 aliphatic carbocycles. The number of ether oxygens (including phenoxy) is 1. The standard InChI is InChI=1S/C15H29BrO2/c1-11(16)12(17)18-15(7,8)10-14(5,6)9-13(2,3)4/h11H,9-10H2,1-8H3. The van der Waals surface area contributed by atoms with Gasteiger partial charge in [0.2, 0.25) is 0 Å². The van der Waals surface area contributed by atoms with Crippen LogP contribution in [0.25, 0.3) is 0 Å². The lowest BCUT2D eigenvalue weighted by Gasteiger charge is -2.38. The average Bonchev–Trinajstić information content (AvgIpc) is 1.93. The van der Waals surface area contributed by atoms with E-state index in [1.807, 2.05) is 13.8 Å². The van der Waals surface area contributed by atoms with E-state index in [9.17, 15) is 4.79 Å². The molecule has 0 aliphatic rings.